The summed E-state index contributed by atoms with van der Waals surface area (Å²) in [5, 5.41) is 3.04. The Morgan fingerprint density at radius 3 is 2.65 bits per heavy atom. The lowest BCUT2D eigenvalue weighted by Gasteiger charge is -2.07. The molecule has 5 heteroatoms. The zero-order valence-electron chi connectivity index (χ0n) is 11.4. The highest BCUT2D eigenvalue weighted by atomic mass is 127. The van der Waals surface area contributed by atoms with Crippen LogP contribution in [0.25, 0.3) is 0 Å². The van der Waals surface area contributed by atoms with Crippen molar-refractivity contribution in [2.24, 2.45) is 16.6 Å². The summed E-state index contributed by atoms with van der Waals surface area (Å²) >= 11 is 0. The van der Waals surface area contributed by atoms with Gasteiger partial charge in [0.2, 0.25) is 0 Å². The highest BCUT2D eigenvalue weighted by Gasteiger charge is 1.94. The van der Waals surface area contributed by atoms with Crippen molar-refractivity contribution in [1.82, 2.24) is 5.32 Å². The number of rotatable bonds is 9. The van der Waals surface area contributed by atoms with Crippen molar-refractivity contribution in [2.45, 2.75) is 40.0 Å². The van der Waals surface area contributed by atoms with Gasteiger partial charge in [-0.2, -0.15) is 0 Å². The number of nitrogens with zero attached hydrogens (tertiary/aromatic N) is 1. The maximum atomic E-state index is 5.68. The van der Waals surface area contributed by atoms with Gasteiger partial charge >= 0.3 is 0 Å². The fourth-order valence-electron chi connectivity index (χ4n) is 1.10. The monoisotopic (exact) mass is 357 g/mol. The molecule has 0 aliphatic carbocycles. The zero-order chi connectivity index (χ0) is 12.2. The van der Waals surface area contributed by atoms with E-state index >= 15 is 0 Å². The van der Waals surface area contributed by atoms with Crippen molar-refractivity contribution in [2.75, 3.05) is 26.3 Å². The molecule has 17 heavy (non-hydrogen) atoms. The van der Waals surface area contributed by atoms with Crippen LogP contribution in [0.5, 0.6) is 0 Å². The Kier molecular flexibility index (Phi) is 15.9. The molecule has 0 atom stereocenters. The normalized spacial score (nSPS) is 11.4. The van der Waals surface area contributed by atoms with Crippen LogP contribution in [-0.4, -0.2) is 32.3 Å². The summed E-state index contributed by atoms with van der Waals surface area (Å²) in [6, 6.07) is 0. The van der Waals surface area contributed by atoms with E-state index in [1.807, 2.05) is 0 Å². The van der Waals surface area contributed by atoms with Crippen LogP contribution in [0.3, 0.4) is 0 Å². The molecule has 0 amide bonds. The van der Waals surface area contributed by atoms with E-state index in [0.717, 1.165) is 32.5 Å². The Morgan fingerprint density at radius 1 is 1.35 bits per heavy atom. The molecule has 0 aliphatic heterocycles. The summed E-state index contributed by atoms with van der Waals surface area (Å²) in [6.45, 7) is 9.58. The smallest absolute Gasteiger partial charge is 0.188 e. The minimum absolute atomic E-state index is 0. The van der Waals surface area contributed by atoms with Gasteiger partial charge in [0, 0.05) is 19.7 Å². The van der Waals surface area contributed by atoms with Crippen molar-refractivity contribution in [1.29, 1.82) is 0 Å². The third kappa shape index (κ3) is 16.0. The number of nitrogens with one attached hydrogen (secondary N) is 1. The number of unbranched alkanes of at least 4 members (excludes halogenated alkanes) is 1. The van der Waals surface area contributed by atoms with Crippen molar-refractivity contribution in [3.8, 4) is 0 Å². The third-order valence-electron chi connectivity index (χ3n) is 2.18. The Bertz CT molecular complexity index is 187. The molecule has 0 unspecified atom stereocenters. The molecular formula is C12H28IN3O. The molecule has 0 bridgehead atoms. The van der Waals surface area contributed by atoms with Crippen molar-refractivity contribution < 1.29 is 4.74 Å². The standard InChI is InChI=1S/C12H27N3O.HI/c1-4-5-9-16-10-8-15-12(13)14-7-6-11(2)3;/h11H,4-10H2,1-3H3,(H3,13,14,15);1H. The van der Waals surface area contributed by atoms with Gasteiger partial charge in [0.15, 0.2) is 5.96 Å². The fourth-order valence-corrected chi connectivity index (χ4v) is 1.10. The first-order valence-corrected chi connectivity index (χ1v) is 6.28. The second kappa shape index (κ2) is 14.0. The topological polar surface area (TPSA) is 59.6 Å². The van der Waals surface area contributed by atoms with Crippen LogP contribution < -0.4 is 11.1 Å². The Balaban J connectivity index is 0. The summed E-state index contributed by atoms with van der Waals surface area (Å²) < 4.78 is 5.39. The lowest BCUT2D eigenvalue weighted by atomic mass is 10.1. The van der Waals surface area contributed by atoms with Crippen molar-refractivity contribution in [3.63, 3.8) is 0 Å². The van der Waals surface area contributed by atoms with E-state index in [1.165, 1.54) is 6.42 Å². The van der Waals surface area contributed by atoms with Crippen LogP contribution in [0.1, 0.15) is 40.0 Å². The number of nitrogens with two attached hydrogens (primary N) is 1. The number of aliphatic imine (C=N–C) groups is 1. The number of hydrogen-bond donors (Lipinski definition) is 2. The van der Waals surface area contributed by atoms with Crippen LogP contribution >= 0.6 is 24.0 Å². The van der Waals surface area contributed by atoms with Gasteiger partial charge in [-0.1, -0.05) is 27.2 Å². The molecule has 0 fully saturated rings. The summed E-state index contributed by atoms with van der Waals surface area (Å²) in [5.74, 6) is 1.20. The Labute approximate surface area is 123 Å². The molecule has 0 aromatic carbocycles. The molecule has 0 saturated heterocycles. The average molecular weight is 357 g/mol. The number of guanidine groups is 1. The number of hydrogen-bond acceptors (Lipinski definition) is 2. The van der Waals surface area contributed by atoms with Gasteiger partial charge in [-0.25, -0.2) is 0 Å². The highest BCUT2D eigenvalue weighted by Crippen LogP contribution is 1.97. The molecule has 0 saturated carbocycles. The van der Waals surface area contributed by atoms with Crippen LogP contribution in [-0.2, 0) is 4.74 Å². The van der Waals surface area contributed by atoms with Gasteiger partial charge in [0.05, 0.1) is 6.61 Å². The fraction of sp³-hybridized carbons (Fsp3) is 0.917. The Morgan fingerprint density at radius 2 is 2.06 bits per heavy atom. The van der Waals surface area contributed by atoms with Gasteiger partial charge in [-0.3, -0.25) is 4.99 Å². The summed E-state index contributed by atoms with van der Waals surface area (Å²) in [6.07, 6.45) is 3.37. The molecule has 0 aromatic rings. The van der Waals surface area contributed by atoms with Gasteiger partial charge in [0.1, 0.15) is 0 Å². The molecule has 104 valence electrons. The van der Waals surface area contributed by atoms with Crippen molar-refractivity contribution >= 4 is 29.9 Å². The number of ether oxygens (including phenoxy) is 1. The zero-order valence-corrected chi connectivity index (χ0v) is 13.7. The molecule has 0 radical (unpaired) electrons. The van der Waals surface area contributed by atoms with Crippen LogP contribution in [0, 0.1) is 5.92 Å². The van der Waals surface area contributed by atoms with E-state index in [-0.39, 0.29) is 24.0 Å². The van der Waals surface area contributed by atoms with E-state index in [2.05, 4.69) is 31.1 Å². The third-order valence-corrected chi connectivity index (χ3v) is 2.18. The first kappa shape index (κ1) is 19.3. The molecule has 0 spiro atoms. The van der Waals surface area contributed by atoms with E-state index in [1.54, 1.807) is 0 Å². The number of halogens is 1. The minimum Gasteiger partial charge on any atom is -0.380 e. The summed E-state index contributed by atoms with van der Waals surface area (Å²) in [4.78, 5) is 4.23. The maximum Gasteiger partial charge on any atom is 0.188 e. The predicted molar refractivity (Wildman–Crippen MR) is 85.1 cm³/mol. The van der Waals surface area contributed by atoms with Crippen LogP contribution in [0.15, 0.2) is 4.99 Å². The highest BCUT2D eigenvalue weighted by molar-refractivity contribution is 14.0. The van der Waals surface area contributed by atoms with Gasteiger partial charge < -0.3 is 15.8 Å². The quantitative estimate of drug-likeness (QED) is 0.288. The summed E-state index contributed by atoms with van der Waals surface area (Å²) in [5.41, 5.74) is 5.68. The average Bonchev–Trinajstić information content (AvgIpc) is 2.22. The molecule has 0 heterocycles. The predicted octanol–water partition coefficient (Wildman–Crippen LogP) is 2.37. The van der Waals surface area contributed by atoms with Gasteiger partial charge in [-0.05, 0) is 18.8 Å². The second-order valence-electron chi connectivity index (χ2n) is 4.34. The van der Waals surface area contributed by atoms with E-state index in [0.29, 0.717) is 18.5 Å². The van der Waals surface area contributed by atoms with E-state index < -0.39 is 0 Å². The molecule has 0 rings (SSSR count). The van der Waals surface area contributed by atoms with E-state index in [9.17, 15) is 0 Å². The largest absolute Gasteiger partial charge is 0.380 e. The van der Waals surface area contributed by atoms with Gasteiger partial charge in [-0.15, -0.1) is 24.0 Å². The van der Waals surface area contributed by atoms with Crippen molar-refractivity contribution in [3.05, 3.63) is 0 Å². The maximum absolute atomic E-state index is 5.68. The molecule has 3 N–H and O–H groups in total. The minimum atomic E-state index is 0. The lowest BCUT2D eigenvalue weighted by molar-refractivity contribution is 0.136. The van der Waals surface area contributed by atoms with Gasteiger partial charge in [0.25, 0.3) is 0 Å². The first-order valence-electron chi connectivity index (χ1n) is 6.28. The van der Waals surface area contributed by atoms with Crippen LogP contribution in [0.2, 0.25) is 0 Å². The molecular weight excluding hydrogens is 329 g/mol. The van der Waals surface area contributed by atoms with Crippen LogP contribution in [0.4, 0.5) is 0 Å². The Hall–Kier alpha value is -0.0400. The lowest BCUT2D eigenvalue weighted by Crippen LogP contribution is -2.34. The van der Waals surface area contributed by atoms with E-state index in [4.69, 9.17) is 10.5 Å². The second-order valence-corrected chi connectivity index (χ2v) is 4.34. The molecule has 4 nitrogen and oxygen atoms in total. The first-order chi connectivity index (χ1) is 7.66. The molecule has 0 aromatic heterocycles. The summed E-state index contributed by atoms with van der Waals surface area (Å²) in [7, 11) is 0. The SMILES string of the molecule is CCCCOCCNC(N)=NCCC(C)C.I. The molecule has 0 aliphatic rings.